The first-order valence-corrected chi connectivity index (χ1v) is 11.0. The molecule has 2 aromatic carbocycles. The minimum absolute atomic E-state index is 0.0490. The number of hydrogen-bond acceptors (Lipinski definition) is 5. The Morgan fingerprint density at radius 2 is 1.62 bits per heavy atom. The van der Waals surface area contributed by atoms with E-state index in [1.807, 2.05) is 72.8 Å². The number of hydrogen-bond donors (Lipinski definition) is 1. The zero-order valence-corrected chi connectivity index (χ0v) is 19.2. The molecule has 0 saturated heterocycles. The van der Waals surface area contributed by atoms with Crippen LogP contribution in [0.4, 0.5) is 5.69 Å². The molecule has 168 valence electrons. The molecule has 3 heterocycles. The molecule has 0 bridgehead atoms. The van der Waals surface area contributed by atoms with Crippen molar-refractivity contribution in [1.29, 1.82) is 0 Å². The lowest BCUT2D eigenvalue weighted by Crippen LogP contribution is -2.14. The number of amides is 1. The Hall–Kier alpha value is -4.39. The van der Waals surface area contributed by atoms with E-state index in [9.17, 15) is 4.79 Å². The molecule has 0 aliphatic rings. The van der Waals surface area contributed by atoms with Crippen LogP contribution in [0.15, 0.2) is 85.2 Å². The van der Waals surface area contributed by atoms with Gasteiger partial charge in [0.05, 0.1) is 5.69 Å². The van der Waals surface area contributed by atoms with Gasteiger partial charge in [-0.05, 0) is 59.5 Å². The molecular weight excluding hydrogens is 424 g/mol. The fourth-order valence-corrected chi connectivity index (χ4v) is 3.67. The fourth-order valence-electron chi connectivity index (χ4n) is 3.67. The standard InChI is InChI=1S/C27H24N6O/c1-27(2,3)21-10-6-19(7-11-21)26(34)29-22-12-8-18(9-13-22)23-14-15-24-30-31-25(33(24)32-23)20-5-4-16-28-17-20/h4-17H,1-3H3,(H,29,34). The van der Waals surface area contributed by atoms with Crippen molar-refractivity contribution in [3.8, 4) is 22.6 Å². The van der Waals surface area contributed by atoms with Crippen LogP contribution in [0.1, 0.15) is 36.7 Å². The molecule has 7 heteroatoms. The zero-order chi connectivity index (χ0) is 23.7. The second kappa shape index (κ2) is 8.51. The molecule has 1 amide bonds. The van der Waals surface area contributed by atoms with Crippen molar-refractivity contribution in [3.63, 3.8) is 0 Å². The highest BCUT2D eigenvalue weighted by Crippen LogP contribution is 2.24. The predicted octanol–water partition coefficient (Wildman–Crippen LogP) is 5.40. The summed E-state index contributed by atoms with van der Waals surface area (Å²) in [5.74, 6) is 0.490. The predicted molar refractivity (Wildman–Crippen MR) is 133 cm³/mol. The molecule has 0 aliphatic heterocycles. The summed E-state index contributed by atoms with van der Waals surface area (Å²) in [5.41, 5.74) is 5.77. The van der Waals surface area contributed by atoms with Gasteiger partial charge in [0.1, 0.15) is 0 Å². The van der Waals surface area contributed by atoms with E-state index < -0.39 is 0 Å². The van der Waals surface area contributed by atoms with Crippen molar-refractivity contribution in [1.82, 2.24) is 24.8 Å². The smallest absolute Gasteiger partial charge is 0.255 e. The average Bonchev–Trinajstić information content (AvgIpc) is 3.28. The molecule has 0 unspecified atom stereocenters. The van der Waals surface area contributed by atoms with Gasteiger partial charge in [-0.2, -0.15) is 9.61 Å². The SMILES string of the molecule is CC(C)(C)c1ccc(C(=O)Nc2ccc(-c3ccc4nnc(-c5cccnc5)n4n3)cc2)cc1. The average molecular weight is 449 g/mol. The van der Waals surface area contributed by atoms with Crippen LogP contribution in [0.5, 0.6) is 0 Å². The lowest BCUT2D eigenvalue weighted by Gasteiger charge is -2.19. The summed E-state index contributed by atoms with van der Waals surface area (Å²) in [5, 5.41) is 16.1. The molecule has 0 spiro atoms. The molecule has 5 rings (SSSR count). The number of anilines is 1. The number of nitrogens with zero attached hydrogens (tertiary/aromatic N) is 5. The molecule has 5 aromatic rings. The van der Waals surface area contributed by atoms with Crippen molar-refractivity contribution in [2.24, 2.45) is 0 Å². The van der Waals surface area contributed by atoms with E-state index in [1.54, 1.807) is 16.9 Å². The molecule has 0 radical (unpaired) electrons. The van der Waals surface area contributed by atoms with Gasteiger partial charge in [0.15, 0.2) is 11.5 Å². The van der Waals surface area contributed by atoms with Crippen molar-refractivity contribution >= 4 is 17.2 Å². The van der Waals surface area contributed by atoms with E-state index in [1.165, 1.54) is 5.56 Å². The largest absolute Gasteiger partial charge is 0.322 e. The summed E-state index contributed by atoms with van der Waals surface area (Å²) in [7, 11) is 0. The first kappa shape index (κ1) is 21.5. The normalized spacial score (nSPS) is 11.5. The summed E-state index contributed by atoms with van der Waals surface area (Å²) in [4.78, 5) is 16.8. The van der Waals surface area contributed by atoms with E-state index in [0.29, 0.717) is 17.0 Å². The van der Waals surface area contributed by atoms with Crippen LogP contribution < -0.4 is 5.32 Å². The second-order valence-corrected chi connectivity index (χ2v) is 9.11. The maximum Gasteiger partial charge on any atom is 0.255 e. The van der Waals surface area contributed by atoms with Gasteiger partial charge in [0.25, 0.3) is 5.91 Å². The first-order valence-electron chi connectivity index (χ1n) is 11.0. The molecule has 3 aromatic heterocycles. The number of nitrogens with one attached hydrogen (secondary N) is 1. The summed E-state index contributed by atoms with van der Waals surface area (Å²) >= 11 is 0. The maximum absolute atomic E-state index is 12.7. The van der Waals surface area contributed by atoms with Crippen molar-refractivity contribution in [2.75, 3.05) is 5.32 Å². The summed E-state index contributed by atoms with van der Waals surface area (Å²) in [6.45, 7) is 6.46. The number of rotatable bonds is 4. The first-order chi connectivity index (χ1) is 16.4. The van der Waals surface area contributed by atoms with Gasteiger partial charge in [-0.1, -0.05) is 45.0 Å². The Morgan fingerprint density at radius 3 is 2.29 bits per heavy atom. The highest BCUT2D eigenvalue weighted by molar-refractivity contribution is 6.04. The lowest BCUT2D eigenvalue weighted by atomic mass is 9.87. The van der Waals surface area contributed by atoms with Crippen LogP contribution in [0.2, 0.25) is 0 Å². The minimum Gasteiger partial charge on any atom is -0.322 e. The molecule has 34 heavy (non-hydrogen) atoms. The second-order valence-electron chi connectivity index (χ2n) is 9.11. The fraction of sp³-hybridized carbons (Fsp3) is 0.148. The third-order valence-corrected chi connectivity index (χ3v) is 5.63. The molecule has 1 N–H and O–H groups in total. The number of benzene rings is 2. The number of pyridine rings is 1. The minimum atomic E-state index is -0.140. The van der Waals surface area contributed by atoms with Crippen LogP contribution in [0.25, 0.3) is 28.3 Å². The molecular formula is C27H24N6O. The molecule has 7 nitrogen and oxygen atoms in total. The topological polar surface area (TPSA) is 85.1 Å². The lowest BCUT2D eigenvalue weighted by molar-refractivity contribution is 0.102. The van der Waals surface area contributed by atoms with Crippen LogP contribution in [-0.2, 0) is 5.41 Å². The third-order valence-electron chi connectivity index (χ3n) is 5.63. The van der Waals surface area contributed by atoms with Crippen LogP contribution in [0, 0.1) is 0 Å². The summed E-state index contributed by atoms with van der Waals surface area (Å²) < 4.78 is 1.71. The van der Waals surface area contributed by atoms with Gasteiger partial charge in [-0.3, -0.25) is 9.78 Å². The number of aromatic nitrogens is 5. The van der Waals surface area contributed by atoms with Crippen molar-refractivity contribution < 1.29 is 4.79 Å². The zero-order valence-electron chi connectivity index (χ0n) is 19.2. The Kier molecular flexibility index (Phi) is 5.37. The molecule has 0 atom stereocenters. The highest BCUT2D eigenvalue weighted by Gasteiger charge is 2.15. The van der Waals surface area contributed by atoms with Crippen LogP contribution >= 0.6 is 0 Å². The third kappa shape index (κ3) is 4.28. The van der Waals surface area contributed by atoms with Gasteiger partial charge < -0.3 is 5.32 Å². The monoisotopic (exact) mass is 448 g/mol. The summed E-state index contributed by atoms with van der Waals surface area (Å²) in [6, 6.07) is 22.9. The Balaban J connectivity index is 1.35. The van der Waals surface area contributed by atoms with Gasteiger partial charge in [0, 0.05) is 34.8 Å². The van der Waals surface area contributed by atoms with E-state index in [0.717, 1.165) is 22.5 Å². The van der Waals surface area contributed by atoms with E-state index >= 15 is 0 Å². The molecule has 0 fully saturated rings. The number of carbonyl (C=O) groups excluding carboxylic acids is 1. The van der Waals surface area contributed by atoms with Gasteiger partial charge in [-0.25, -0.2) is 0 Å². The van der Waals surface area contributed by atoms with Gasteiger partial charge in [-0.15, -0.1) is 10.2 Å². The molecule has 0 aliphatic carbocycles. The Labute approximate surface area is 197 Å². The maximum atomic E-state index is 12.7. The van der Waals surface area contributed by atoms with E-state index in [-0.39, 0.29) is 11.3 Å². The highest BCUT2D eigenvalue weighted by atomic mass is 16.1. The van der Waals surface area contributed by atoms with Gasteiger partial charge in [0.2, 0.25) is 0 Å². The van der Waals surface area contributed by atoms with Crippen molar-refractivity contribution in [2.45, 2.75) is 26.2 Å². The van der Waals surface area contributed by atoms with Crippen molar-refractivity contribution in [3.05, 3.63) is 96.3 Å². The van der Waals surface area contributed by atoms with E-state index in [2.05, 4.69) is 41.3 Å². The summed E-state index contributed by atoms with van der Waals surface area (Å²) in [6.07, 6.45) is 3.45. The Bertz CT molecular complexity index is 1450. The molecule has 0 saturated carbocycles. The van der Waals surface area contributed by atoms with Crippen LogP contribution in [0.3, 0.4) is 0 Å². The number of carbonyl (C=O) groups is 1. The van der Waals surface area contributed by atoms with Crippen LogP contribution in [-0.4, -0.2) is 30.7 Å². The van der Waals surface area contributed by atoms with Gasteiger partial charge >= 0.3 is 0 Å². The van der Waals surface area contributed by atoms with E-state index in [4.69, 9.17) is 5.10 Å². The quantitative estimate of drug-likeness (QED) is 0.398. The Morgan fingerprint density at radius 1 is 0.853 bits per heavy atom. The number of fused-ring (bicyclic) bond motifs is 1.